The Kier molecular flexibility index (Phi) is 11.1. The number of nitrogens with two attached hydrogens (primary N) is 2. The van der Waals surface area contributed by atoms with E-state index in [2.05, 4.69) is 16.1 Å². The number of aliphatic carboxylic acids is 1. The molecule has 0 radical (unpaired) electrons. The summed E-state index contributed by atoms with van der Waals surface area (Å²) in [7, 11) is 1.70. The number of rotatable bonds is 12. The number of hydrogen-bond acceptors (Lipinski definition) is 8. The Hall–Kier alpha value is -1.57. The van der Waals surface area contributed by atoms with Gasteiger partial charge in [-0.1, -0.05) is 0 Å². The third-order valence-corrected chi connectivity index (χ3v) is 3.52. The van der Waals surface area contributed by atoms with E-state index >= 15 is 0 Å². The summed E-state index contributed by atoms with van der Waals surface area (Å²) in [4.78, 5) is 22.1. The molecule has 1 unspecified atom stereocenters. The number of carbonyl (C=O) groups is 2. The molecule has 0 bridgehead atoms. The van der Waals surface area contributed by atoms with Crippen molar-refractivity contribution in [1.82, 2.24) is 21.1 Å². The van der Waals surface area contributed by atoms with Gasteiger partial charge in [0.05, 0.1) is 18.8 Å². The summed E-state index contributed by atoms with van der Waals surface area (Å²) in [6.07, 6.45) is -0.726. The van der Waals surface area contributed by atoms with E-state index in [-0.39, 0.29) is 18.1 Å². The zero-order chi connectivity index (χ0) is 19.6. The molecule has 0 fully saturated rings. The van der Waals surface area contributed by atoms with Crippen molar-refractivity contribution in [3.05, 3.63) is 0 Å². The average molecular weight is 380 g/mol. The maximum Gasteiger partial charge on any atom is 0.328 e. The molecule has 0 spiro atoms. The molecule has 10 N–H and O–H groups in total. The van der Waals surface area contributed by atoms with Crippen LogP contribution in [0.2, 0.25) is 0 Å². The molecule has 0 aromatic heterocycles. The summed E-state index contributed by atoms with van der Waals surface area (Å²) < 4.78 is 0. The zero-order valence-electron chi connectivity index (χ0n) is 14.3. The standard InChI is InChI=1S/C13H28N6O5S/c1-7(21)9(14)4-16-19(2)5-8(3-11(15)22)17-13(25)18-10(6-20)12(23)24/h7-10,16,20-21H,3-6,14H2,1-2H3,(H2,15,22)(H,23,24)(H2,17,18,25)/t7?,8-,9-,10-/m1/s1. The number of aliphatic hydroxyl groups excluding tert-OH is 2. The van der Waals surface area contributed by atoms with Gasteiger partial charge in [0, 0.05) is 32.6 Å². The predicted molar refractivity (Wildman–Crippen MR) is 95.3 cm³/mol. The maximum absolute atomic E-state index is 11.2. The number of aliphatic hydroxyl groups is 2. The number of nitrogens with zero attached hydrogens (tertiary/aromatic N) is 1. The fraction of sp³-hybridized carbons (Fsp3) is 0.769. The van der Waals surface area contributed by atoms with Crippen LogP contribution in [0.5, 0.6) is 0 Å². The Morgan fingerprint density at radius 2 is 1.92 bits per heavy atom. The van der Waals surface area contributed by atoms with Gasteiger partial charge in [-0.05, 0) is 19.1 Å². The Morgan fingerprint density at radius 1 is 1.32 bits per heavy atom. The van der Waals surface area contributed by atoms with Crippen LogP contribution in [0.1, 0.15) is 13.3 Å². The van der Waals surface area contributed by atoms with Crippen molar-refractivity contribution in [1.29, 1.82) is 0 Å². The van der Waals surface area contributed by atoms with Crippen molar-refractivity contribution in [3.63, 3.8) is 0 Å². The summed E-state index contributed by atoms with van der Waals surface area (Å²) in [5.41, 5.74) is 13.9. The fourth-order valence-corrected chi connectivity index (χ4v) is 2.11. The van der Waals surface area contributed by atoms with Crippen LogP contribution in [0, 0.1) is 0 Å². The molecule has 0 saturated heterocycles. The van der Waals surface area contributed by atoms with E-state index in [9.17, 15) is 14.7 Å². The van der Waals surface area contributed by atoms with Crippen LogP contribution in [0.4, 0.5) is 0 Å². The van der Waals surface area contributed by atoms with Gasteiger partial charge in [0.25, 0.3) is 0 Å². The van der Waals surface area contributed by atoms with E-state index in [0.717, 1.165) is 0 Å². The van der Waals surface area contributed by atoms with E-state index in [0.29, 0.717) is 6.54 Å². The number of hydrazine groups is 1. The van der Waals surface area contributed by atoms with Gasteiger partial charge in [-0.15, -0.1) is 0 Å². The van der Waals surface area contributed by atoms with Gasteiger partial charge >= 0.3 is 5.97 Å². The lowest BCUT2D eigenvalue weighted by atomic mass is 10.2. The molecule has 0 heterocycles. The molecular formula is C13H28N6O5S. The Morgan fingerprint density at radius 3 is 2.36 bits per heavy atom. The molecule has 25 heavy (non-hydrogen) atoms. The monoisotopic (exact) mass is 380 g/mol. The zero-order valence-corrected chi connectivity index (χ0v) is 15.1. The van der Waals surface area contributed by atoms with Crippen molar-refractivity contribution >= 4 is 29.2 Å². The molecule has 0 rings (SSSR count). The molecule has 0 aliphatic carbocycles. The third-order valence-electron chi connectivity index (χ3n) is 3.28. The Balaban J connectivity index is 4.60. The number of primary amides is 1. The van der Waals surface area contributed by atoms with Crippen LogP contribution in [0.25, 0.3) is 0 Å². The van der Waals surface area contributed by atoms with Crippen molar-refractivity contribution in [3.8, 4) is 0 Å². The summed E-state index contributed by atoms with van der Waals surface area (Å²) in [6.45, 7) is 1.53. The summed E-state index contributed by atoms with van der Waals surface area (Å²) in [5.74, 6) is -1.82. The summed E-state index contributed by atoms with van der Waals surface area (Å²) in [5, 5.41) is 34.1. The van der Waals surface area contributed by atoms with Crippen LogP contribution < -0.4 is 27.5 Å². The number of hydrogen-bond donors (Lipinski definition) is 8. The molecule has 4 atom stereocenters. The minimum absolute atomic E-state index is 0.0261. The first kappa shape index (κ1) is 23.4. The van der Waals surface area contributed by atoms with E-state index in [1.807, 2.05) is 0 Å². The number of carboxylic acids is 1. The van der Waals surface area contributed by atoms with Gasteiger partial charge in [-0.25, -0.2) is 9.80 Å². The first-order chi connectivity index (χ1) is 11.6. The molecule has 12 heteroatoms. The predicted octanol–water partition coefficient (Wildman–Crippen LogP) is -3.72. The molecule has 146 valence electrons. The van der Waals surface area contributed by atoms with Gasteiger partial charge in [0.2, 0.25) is 5.91 Å². The lowest BCUT2D eigenvalue weighted by molar-refractivity contribution is -0.140. The van der Waals surface area contributed by atoms with Gasteiger partial charge in [0.15, 0.2) is 5.11 Å². The summed E-state index contributed by atoms with van der Waals surface area (Å²) >= 11 is 5.00. The van der Waals surface area contributed by atoms with Crippen molar-refractivity contribution in [2.75, 3.05) is 26.7 Å². The van der Waals surface area contributed by atoms with Gasteiger partial charge in [-0.2, -0.15) is 0 Å². The van der Waals surface area contributed by atoms with Crippen LogP contribution in [-0.4, -0.2) is 88.3 Å². The molecule has 1 amide bonds. The molecule has 11 nitrogen and oxygen atoms in total. The Bertz CT molecular complexity index is 453. The van der Waals surface area contributed by atoms with Crippen LogP contribution in [-0.2, 0) is 9.59 Å². The molecular weight excluding hydrogens is 352 g/mol. The van der Waals surface area contributed by atoms with E-state index in [1.54, 1.807) is 19.0 Å². The van der Waals surface area contributed by atoms with E-state index in [4.69, 9.17) is 33.9 Å². The number of carboxylic acid groups (broad SMARTS) is 1. The average Bonchev–Trinajstić information content (AvgIpc) is 2.48. The third kappa shape index (κ3) is 10.8. The highest BCUT2D eigenvalue weighted by Gasteiger charge is 2.20. The van der Waals surface area contributed by atoms with Crippen LogP contribution in [0.3, 0.4) is 0 Å². The number of nitrogens with one attached hydrogen (secondary N) is 3. The fourth-order valence-electron chi connectivity index (χ4n) is 1.80. The van der Waals surface area contributed by atoms with Gasteiger partial charge in [-0.3, -0.25) is 10.2 Å². The quantitative estimate of drug-likeness (QED) is 0.123. The molecule has 0 saturated carbocycles. The first-order valence-electron chi connectivity index (χ1n) is 7.64. The Labute approximate surface area is 151 Å². The normalized spacial score (nSPS) is 15.9. The van der Waals surface area contributed by atoms with Crippen LogP contribution in [0.15, 0.2) is 0 Å². The molecule has 0 aliphatic heterocycles. The highest BCUT2D eigenvalue weighted by Crippen LogP contribution is 1.96. The first-order valence-corrected chi connectivity index (χ1v) is 8.04. The SMILES string of the molecule is CC(O)[C@H](N)CNN(C)C[C@@H](CC(N)=O)NC(=S)N[C@H](CO)C(=O)O. The second-order valence-electron chi connectivity index (χ2n) is 5.71. The molecule has 0 aliphatic rings. The minimum Gasteiger partial charge on any atom is -0.480 e. The number of carbonyl (C=O) groups excluding carboxylic acids is 1. The van der Waals surface area contributed by atoms with Crippen molar-refractivity contribution in [2.45, 2.75) is 37.6 Å². The maximum atomic E-state index is 11.2. The highest BCUT2D eigenvalue weighted by atomic mass is 32.1. The lowest BCUT2D eigenvalue weighted by Gasteiger charge is -2.28. The number of amides is 1. The summed E-state index contributed by atoms with van der Waals surface area (Å²) in [6, 6.07) is -2.23. The molecule has 0 aromatic rings. The topological polar surface area (TPSA) is 186 Å². The van der Waals surface area contributed by atoms with E-state index in [1.165, 1.54) is 0 Å². The minimum atomic E-state index is -1.26. The highest BCUT2D eigenvalue weighted by molar-refractivity contribution is 7.80. The van der Waals surface area contributed by atoms with Crippen molar-refractivity contribution in [2.24, 2.45) is 11.5 Å². The molecule has 0 aromatic carbocycles. The second kappa shape index (κ2) is 11.9. The van der Waals surface area contributed by atoms with Gasteiger partial charge in [0.1, 0.15) is 6.04 Å². The smallest absolute Gasteiger partial charge is 0.328 e. The number of likely N-dealkylation sites (N-methyl/N-ethyl adjacent to an activating group) is 1. The van der Waals surface area contributed by atoms with Crippen molar-refractivity contribution < 1.29 is 24.9 Å². The van der Waals surface area contributed by atoms with E-state index < -0.39 is 42.7 Å². The largest absolute Gasteiger partial charge is 0.480 e. The van der Waals surface area contributed by atoms with Gasteiger partial charge < -0.3 is 37.4 Å². The lowest BCUT2D eigenvalue weighted by Crippen LogP contribution is -2.55. The van der Waals surface area contributed by atoms with Crippen LogP contribution >= 0.6 is 12.2 Å². The number of thiocarbonyl (C=S) groups is 1. The second-order valence-corrected chi connectivity index (χ2v) is 6.11.